The third kappa shape index (κ3) is 5.74. The molecule has 0 saturated carbocycles. The Morgan fingerprint density at radius 1 is 1.08 bits per heavy atom. The van der Waals surface area contributed by atoms with Crippen LogP contribution >= 0.6 is 11.8 Å². The molecule has 0 unspecified atom stereocenters. The Balaban J connectivity index is 2.24. The van der Waals surface area contributed by atoms with Gasteiger partial charge in [-0.25, -0.2) is 0 Å². The van der Waals surface area contributed by atoms with Gasteiger partial charge in [0.15, 0.2) is 11.0 Å². The van der Waals surface area contributed by atoms with E-state index in [9.17, 15) is 14.4 Å². The van der Waals surface area contributed by atoms with Crippen molar-refractivity contribution < 1.29 is 33.3 Å². The Labute approximate surface area is 156 Å². The van der Waals surface area contributed by atoms with Crippen LogP contribution in [0.1, 0.15) is 27.2 Å². The maximum Gasteiger partial charge on any atom is 0.303 e. The van der Waals surface area contributed by atoms with Crippen LogP contribution in [-0.2, 0) is 33.3 Å². The van der Waals surface area contributed by atoms with E-state index in [0.717, 1.165) is 4.90 Å². The van der Waals surface area contributed by atoms with Crippen LogP contribution in [0, 0.1) is 0 Å². The standard InChI is InChI=1S/C18H22O7S/c1-12(19)22-10-15-9-18(25-14(3)21,11-23-13(2)20)17(24-15)26-16-7-5-4-6-8-16/h4-8,15,17H,9-11H2,1-3H3/t15-,17-,18-/m0/s1. The van der Waals surface area contributed by atoms with Crippen LogP contribution in [-0.4, -0.2) is 48.3 Å². The highest BCUT2D eigenvalue weighted by atomic mass is 32.2. The van der Waals surface area contributed by atoms with Crippen LogP contribution in [0.4, 0.5) is 0 Å². The fourth-order valence-corrected chi connectivity index (χ4v) is 3.85. The first kappa shape index (κ1) is 20.3. The van der Waals surface area contributed by atoms with E-state index in [0.29, 0.717) is 0 Å². The van der Waals surface area contributed by atoms with E-state index in [2.05, 4.69) is 0 Å². The van der Waals surface area contributed by atoms with E-state index < -0.39 is 35.0 Å². The molecule has 7 nitrogen and oxygen atoms in total. The van der Waals surface area contributed by atoms with E-state index in [4.69, 9.17) is 18.9 Å². The minimum atomic E-state index is -1.16. The molecule has 1 aromatic carbocycles. The van der Waals surface area contributed by atoms with Crippen molar-refractivity contribution in [3.8, 4) is 0 Å². The van der Waals surface area contributed by atoms with Gasteiger partial charge in [-0.2, -0.15) is 0 Å². The van der Waals surface area contributed by atoms with Crippen LogP contribution in [0.3, 0.4) is 0 Å². The fourth-order valence-electron chi connectivity index (χ4n) is 2.65. The van der Waals surface area contributed by atoms with Gasteiger partial charge in [0.05, 0.1) is 6.10 Å². The lowest BCUT2D eigenvalue weighted by atomic mass is 10.0. The third-order valence-electron chi connectivity index (χ3n) is 3.64. The van der Waals surface area contributed by atoms with Gasteiger partial charge in [-0.3, -0.25) is 14.4 Å². The lowest BCUT2D eigenvalue weighted by molar-refractivity contribution is -0.171. The first-order chi connectivity index (χ1) is 12.3. The average Bonchev–Trinajstić information content (AvgIpc) is 2.89. The van der Waals surface area contributed by atoms with E-state index in [1.165, 1.54) is 32.5 Å². The quantitative estimate of drug-likeness (QED) is 0.524. The average molecular weight is 382 g/mol. The number of benzene rings is 1. The minimum Gasteiger partial charge on any atom is -0.463 e. The molecule has 1 aliphatic heterocycles. The summed E-state index contributed by atoms with van der Waals surface area (Å²) in [5, 5.41) is 0. The molecule has 2 rings (SSSR count). The van der Waals surface area contributed by atoms with Crippen molar-refractivity contribution in [2.75, 3.05) is 13.2 Å². The molecule has 0 bridgehead atoms. The van der Waals surface area contributed by atoms with Gasteiger partial charge in [0, 0.05) is 32.1 Å². The molecule has 0 N–H and O–H groups in total. The maximum atomic E-state index is 11.7. The molecule has 0 aromatic heterocycles. The highest BCUT2D eigenvalue weighted by Crippen LogP contribution is 2.43. The molecule has 0 amide bonds. The van der Waals surface area contributed by atoms with Crippen LogP contribution < -0.4 is 0 Å². The number of carbonyl (C=O) groups excluding carboxylic acids is 3. The van der Waals surface area contributed by atoms with Gasteiger partial charge in [0.2, 0.25) is 0 Å². The van der Waals surface area contributed by atoms with Gasteiger partial charge in [0.1, 0.15) is 13.2 Å². The van der Waals surface area contributed by atoms with Crippen molar-refractivity contribution in [1.29, 1.82) is 0 Å². The Morgan fingerprint density at radius 2 is 1.73 bits per heavy atom. The van der Waals surface area contributed by atoms with Gasteiger partial charge in [-0.05, 0) is 12.1 Å². The van der Waals surface area contributed by atoms with Crippen molar-refractivity contribution in [2.45, 2.75) is 49.2 Å². The van der Waals surface area contributed by atoms with Gasteiger partial charge >= 0.3 is 17.9 Å². The zero-order chi connectivity index (χ0) is 19.2. The molecule has 1 aromatic rings. The first-order valence-electron chi connectivity index (χ1n) is 8.14. The maximum absolute atomic E-state index is 11.7. The summed E-state index contributed by atoms with van der Waals surface area (Å²) in [6, 6.07) is 9.46. The predicted molar refractivity (Wildman–Crippen MR) is 93.3 cm³/mol. The monoisotopic (exact) mass is 382 g/mol. The number of hydrogen-bond acceptors (Lipinski definition) is 8. The largest absolute Gasteiger partial charge is 0.463 e. The molecule has 26 heavy (non-hydrogen) atoms. The molecule has 1 fully saturated rings. The SMILES string of the molecule is CC(=O)OC[C@@H]1C[C@@](COC(C)=O)(OC(C)=O)[C@H](Sc2ccccc2)O1. The molecular formula is C18H22O7S. The van der Waals surface area contributed by atoms with Crippen LogP contribution in [0.15, 0.2) is 35.2 Å². The van der Waals surface area contributed by atoms with Crippen molar-refractivity contribution in [1.82, 2.24) is 0 Å². The zero-order valence-corrected chi connectivity index (χ0v) is 15.7. The molecule has 3 atom stereocenters. The number of esters is 3. The Bertz CT molecular complexity index is 648. The van der Waals surface area contributed by atoms with Gasteiger partial charge in [-0.1, -0.05) is 30.0 Å². The lowest BCUT2D eigenvalue weighted by Gasteiger charge is -2.32. The van der Waals surface area contributed by atoms with Crippen LogP contribution in [0.5, 0.6) is 0 Å². The highest BCUT2D eigenvalue weighted by Gasteiger charge is 2.53. The van der Waals surface area contributed by atoms with Crippen molar-refractivity contribution in [3.05, 3.63) is 30.3 Å². The van der Waals surface area contributed by atoms with E-state index in [1.54, 1.807) is 0 Å². The molecule has 1 heterocycles. The summed E-state index contributed by atoms with van der Waals surface area (Å²) in [5.74, 6) is -1.41. The van der Waals surface area contributed by atoms with Gasteiger partial charge in [-0.15, -0.1) is 0 Å². The molecule has 0 radical (unpaired) electrons. The Hall–Kier alpha value is -2.06. The second-order valence-electron chi connectivity index (χ2n) is 5.97. The fraction of sp³-hybridized carbons (Fsp3) is 0.500. The molecule has 0 aliphatic carbocycles. The second kappa shape index (κ2) is 9.05. The molecule has 0 spiro atoms. The summed E-state index contributed by atoms with van der Waals surface area (Å²) in [5.41, 5.74) is -1.78. The highest BCUT2D eigenvalue weighted by molar-refractivity contribution is 7.99. The number of hydrogen-bond donors (Lipinski definition) is 0. The molecule has 142 valence electrons. The normalized spacial score (nSPS) is 24.7. The molecule has 1 aliphatic rings. The molecule has 1 saturated heterocycles. The smallest absolute Gasteiger partial charge is 0.303 e. The summed E-state index contributed by atoms with van der Waals surface area (Å²) in [6.45, 7) is 3.78. The lowest BCUT2D eigenvalue weighted by Crippen LogP contribution is -2.45. The van der Waals surface area contributed by atoms with Gasteiger partial charge in [0.25, 0.3) is 0 Å². The number of rotatable bonds is 7. The van der Waals surface area contributed by atoms with Gasteiger partial charge < -0.3 is 18.9 Å². The van der Waals surface area contributed by atoms with Crippen molar-refractivity contribution >= 4 is 29.7 Å². The van der Waals surface area contributed by atoms with E-state index >= 15 is 0 Å². The summed E-state index contributed by atoms with van der Waals surface area (Å²) in [4.78, 5) is 35.0. The van der Waals surface area contributed by atoms with E-state index in [1.807, 2.05) is 30.3 Å². The topological polar surface area (TPSA) is 88.1 Å². The summed E-state index contributed by atoms with van der Waals surface area (Å²) in [7, 11) is 0. The zero-order valence-electron chi connectivity index (χ0n) is 14.9. The Kier molecular flexibility index (Phi) is 7.05. The Morgan fingerprint density at radius 3 is 2.31 bits per heavy atom. The summed E-state index contributed by atoms with van der Waals surface area (Å²) >= 11 is 1.36. The van der Waals surface area contributed by atoms with Crippen LogP contribution in [0.2, 0.25) is 0 Å². The molecule has 8 heteroatoms. The number of carbonyl (C=O) groups is 3. The van der Waals surface area contributed by atoms with E-state index in [-0.39, 0.29) is 19.6 Å². The summed E-state index contributed by atoms with van der Waals surface area (Å²) < 4.78 is 21.7. The second-order valence-corrected chi connectivity index (χ2v) is 7.10. The predicted octanol–water partition coefficient (Wildman–Crippen LogP) is 2.32. The number of ether oxygens (including phenoxy) is 4. The first-order valence-corrected chi connectivity index (χ1v) is 9.02. The van der Waals surface area contributed by atoms with Crippen LogP contribution in [0.25, 0.3) is 0 Å². The van der Waals surface area contributed by atoms with Crippen molar-refractivity contribution in [3.63, 3.8) is 0 Å². The summed E-state index contributed by atoms with van der Waals surface area (Å²) in [6.07, 6.45) is -0.229. The third-order valence-corrected chi connectivity index (χ3v) is 4.94. The number of thioether (sulfide) groups is 1. The molecular weight excluding hydrogens is 360 g/mol. The minimum absolute atomic E-state index is 0.0320. The van der Waals surface area contributed by atoms with Crippen molar-refractivity contribution in [2.24, 2.45) is 0 Å².